The van der Waals surface area contributed by atoms with Crippen LogP contribution in [0.15, 0.2) is 18.2 Å². The Labute approximate surface area is 115 Å². The van der Waals surface area contributed by atoms with Gasteiger partial charge in [-0.25, -0.2) is 4.39 Å². The van der Waals surface area contributed by atoms with E-state index in [2.05, 4.69) is 19.2 Å². The molecule has 0 heterocycles. The van der Waals surface area contributed by atoms with Crippen LogP contribution in [0, 0.1) is 5.82 Å². The second kappa shape index (κ2) is 8.49. The number of aryl methyl sites for hydroxylation is 1. The number of benzene rings is 1. The first-order valence-electron chi connectivity index (χ1n) is 6.84. The Morgan fingerprint density at radius 2 is 2.06 bits per heavy atom. The van der Waals surface area contributed by atoms with E-state index < -0.39 is 0 Å². The van der Waals surface area contributed by atoms with Gasteiger partial charge in [0.05, 0.1) is 5.02 Å². The van der Waals surface area contributed by atoms with Crippen LogP contribution in [-0.2, 0) is 6.42 Å². The molecule has 0 bridgehead atoms. The summed E-state index contributed by atoms with van der Waals surface area (Å²) < 4.78 is 13.0. The third-order valence-corrected chi connectivity index (χ3v) is 3.42. The molecule has 0 spiro atoms. The molecular formula is C15H23ClFN. The van der Waals surface area contributed by atoms with E-state index in [1.54, 1.807) is 6.07 Å². The fourth-order valence-corrected chi connectivity index (χ4v) is 2.44. The van der Waals surface area contributed by atoms with Gasteiger partial charge in [0.25, 0.3) is 0 Å². The van der Waals surface area contributed by atoms with Crippen molar-refractivity contribution < 1.29 is 4.39 Å². The molecule has 0 aliphatic heterocycles. The molecule has 1 rings (SSSR count). The van der Waals surface area contributed by atoms with E-state index in [0.717, 1.165) is 31.4 Å². The van der Waals surface area contributed by atoms with Gasteiger partial charge in [0.15, 0.2) is 0 Å². The number of hydrogen-bond acceptors (Lipinski definition) is 1. The molecule has 1 nitrogen and oxygen atoms in total. The van der Waals surface area contributed by atoms with Gasteiger partial charge in [-0.3, -0.25) is 0 Å². The SMILES string of the molecule is CCCC(CCCc1ccc(F)c(Cl)c1)NCC. The molecule has 1 atom stereocenters. The van der Waals surface area contributed by atoms with E-state index in [1.807, 2.05) is 6.07 Å². The average Bonchev–Trinajstić information content (AvgIpc) is 2.34. The first-order chi connectivity index (χ1) is 8.67. The number of rotatable bonds is 8. The summed E-state index contributed by atoms with van der Waals surface area (Å²) in [6, 6.07) is 5.62. The molecule has 1 unspecified atom stereocenters. The zero-order valence-corrected chi connectivity index (χ0v) is 12.1. The van der Waals surface area contributed by atoms with Crippen molar-refractivity contribution in [2.75, 3.05) is 6.54 Å². The monoisotopic (exact) mass is 271 g/mol. The lowest BCUT2D eigenvalue weighted by Crippen LogP contribution is -2.28. The highest BCUT2D eigenvalue weighted by Gasteiger charge is 2.06. The summed E-state index contributed by atoms with van der Waals surface area (Å²) in [5, 5.41) is 3.73. The van der Waals surface area contributed by atoms with Gasteiger partial charge < -0.3 is 5.32 Å². The minimum absolute atomic E-state index is 0.226. The largest absolute Gasteiger partial charge is 0.314 e. The molecule has 0 aliphatic carbocycles. The van der Waals surface area contributed by atoms with E-state index in [9.17, 15) is 4.39 Å². The van der Waals surface area contributed by atoms with Crippen molar-refractivity contribution in [2.24, 2.45) is 0 Å². The lowest BCUT2D eigenvalue weighted by atomic mass is 10.0. The Hall–Kier alpha value is -0.600. The van der Waals surface area contributed by atoms with E-state index >= 15 is 0 Å². The molecule has 0 radical (unpaired) electrons. The zero-order chi connectivity index (χ0) is 13.4. The minimum Gasteiger partial charge on any atom is -0.314 e. The second-order valence-corrected chi connectivity index (χ2v) is 5.09. The molecule has 0 aliphatic rings. The predicted molar refractivity (Wildman–Crippen MR) is 76.7 cm³/mol. The van der Waals surface area contributed by atoms with Crippen LogP contribution in [0.3, 0.4) is 0 Å². The quantitative estimate of drug-likeness (QED) is 0.730. The van der Waals surface area contributed by atoms with Crippen molar-refractivity contribution >= 4 is 11.6 Å². The van der Waals surface area contributed by atoms with Crippen molar-refractivity contribution in [1.82, 2.24) is 5.32 Å². The van der Waals surface area contributed by atoms with E-state index in [0.29, 0.717) is 6.04 Å². The Balaban J connectivity index is 2.37. The van der Waals surface area contributed by atoms with Crippen LogP contribution in [0.1, 0.15) is 45.1 Å². The Bertz CT molecular complexity index is 348. The van der Waals surface area contributed by atoms with Crippen LogP contribution in [-0.4, -0.2) is 12.6 Å². The van der Waals surface area contributed by atoms with Gasteiger partial charge in [-0.05, 0) is 49.9 Å². The normalized spacial score (nSPS) is 12.7. The molecular weight excluding hydrogens is 249 g/mol. The zero-order valence-electron chi connectivity index (χ0n) is 11.3. The topological polar surface area (TPSA) is 12.0 Å². The lowest BCUT2D eigenvalue weighted by Gasteiger charge is -2.16. The molecule has 1 aromatic carbocycles. The summed E-state index contributed by atoms with van der Waals surface area (Å²) >= 11 is 5.77. The molecule has 0 amide bonds. The highest BCUT2D eigenvalue weighted by Crippen LogP contribution is 2.18. The molecule has 0 saturated heterocycles. The van der Waals surface area contributed by atoms with Gasteiger partial charge >= 0.3 is 0 Å². The second-order valence-electron chi connectivity index (χ2n) is 4.68. The summed E-state index contributed by atoms with van der Waals surface area (Å²) in [6.45, 7) is 5.37. The van der Waals surface area contributed by atoms with Gasteiger partial charge in [-0.15, -0.1) is 0 Å². The highest BCUT2D eigenvalue weighted by atomic mass is 35.5. The van der Waals surface area contributed by atoms with Crippen molar-refractivity contribution in [3.8, 4) is 0 Å². The van der Waals surface area contributed by atoms with Crippen LogP contribution in [0.4, 0.5) is 4.39 Å². The first kappa shape index (κ1) is 15.5. The molecule has 0 saturated carbocycles. The highest BCUT2D eigenvalue weighted by molar-refractivity contribution is 6.30. The average molecular weight is 272 g/mol. The van der Waals surface area contributed by atoms with Gasteiger partial charge in [0.1, 0.15) is 5.82 Å². The van der Waals surface area contributed by atoms with E-state index in [1.165, 1.54) is 18.9 Å². The molecule has 0 fully saturated rings. The van der Waals surface area contributed by atoms with Crippen LogP contribution >= 0.6 is 11.6 Å². The Morgan fingerprint density at radius 1 is 1.28 bits per heavy atom. The number of nitrogens with one attached hydrogen (secondary N) is 1. The fourth-order valence-electron chi connectivity index (χ4n) is 2.23. The smallest absolute Gasteiger partial charge is 0.141 e. The minimum atomic E-state index is -0.336. The van der Waals surface area contributed by atoms with Gasteiger partial charge in [-0.2, -0.15) is 0 Å². The van der Waals surface area contributed by atoms with Crippen molar-refractivity contribution in [3.05, 3.63) is 34.6 Å². The van der Waals surface area contributed by atoms with Crippen LogP contribution in [0.25, 0.3) is 0 Å². The van der Waals surface area contributed by atoms with Gasteiger partial charge in [0.2, 0.25) is 0 Å². The molecule has 1 N–H and O–H groups in total. The first-order valence-corrected chi connectivity index (χ1v) is 7.22. The predicted octanol–water partition coefficient (Wildman–Crippen LogP) is 4.58. The van der Waals surface area contributed by atoms with Crippen LogP contribution < -0.4 is 5.32 Å². The summed E-state index contributed by atoms with van der Waals surface area (Å²) in [5.74, 6) is -0.336. The summed E-state index contributed by atoms with van der Waals surface area (Å²) in [6.07, 6.45) is 5.67. The number of hydrogen-bond donors (Lipinski definition) is 1. The maximum atomic E-state index is 13.0. The van der Waals surface area contributed by atoms with Crippen molar-refractivity contribution in [1.29, 1.82) is 0 Å². The lowest BCUT2D eigenvalue weighted by molar-refractivity contribution is 0.447. The molecule has 18 heavy (non-hydrogen) atoms. The van der Waals surface area contributed by atoms with E-state index in [4.69, 9.17) is 11.6 Å². The van der Waals surface area contributed by atoms with Crippen LogP contribution in [0.2, 0.25) is 5.02 Å². The third kappa shape index (κ3) is 5.36. The molecule has 0 aromatic heterocycles. The third-order valence-electron chi connectivity index (χ3n) is 3.13. The van der Waals surface area contributed by atoms with Gasteiger partial charge in [-0.1, -0.05) is 37.9 Å². The van der Waals surface area contributed by atoms with Gasteiger partial charge in [0, 0.05) is 6.04 Å². The fraction of sp³-hybridized carbons (Fsp3) is 0.600. The van der Waals surface area contributed by atoms with Crippen molar-refractivity contribution in [3.63, 3.8) is 0 Å². The standard InChI is InChI=1S/C15H23ClFN/c1-3-6-13(18-4-2)8-5-7-12-9-10-15(17)14(16)11-12/h9-11,13,18H,3-8H2,1-2H3. The van der Waals surface area contributed by atoms with E-state index in [-0.39, 0.29) is 10.8 Å². The summed E-state index contributed by atoms with van der Waals surface area (Å²) in [7, 11) is 0. The molecule has 102 valence electrons. The Kier molecular flexibility index (Phi) is 7.29. The molecule has 1 aromatic rings. The maximum absolute atomic E-state index is 13.0. The maximum Gasteiger partial charge on any atom is 0.141 e. The van der Waals surface area contributed by atoms with Crippen molar-refractivity contribution in [2.45, 2.75) is 52.0 Å². The summed E-state index contributed by atoms with van der Waals surface area (Å²) in [4.78, 5) is 0. The number of halogens is 2. The summed E-state index contributed by atoms with van der Waals surface area (Å²) in [5.41, 5.74) is 1.12. The molecule has 3 heteroatoms. The van der Waals surface area contributed by atoms with Crippen LogP contribution in [0.5, 0.6) is 0 Å². The Morgan fingerprint density at radius 3 is 2.67 bits per heavy atom.